The average molecular weight is 572 g/mol. The lowest BCUT2D eigenvalue weighted by atomic mass is 10.0. The number of halogens is 1. The third-order valence-corrected chi connectivity index (χ3v) is 8.36. The molecule has 0 aliphatic rings. The number of sulfone groups is 1. The van der Waals surface area contributed by atoms with Gasteiger partial charge in [-0.05, 0) is 45.2 Å². The fourth-order valence-electron chi connectivity index (χ4n) is 4.64. The minimum Gasteiger partial charge on any atom is -0.463 e. The molecule has 0 spiro atoms. The molecule has 9 nitrogen and oxygen atoms in total. The Morgan fingerprint density at radius 1 is 0.895 bits per heavy atom. The lowest BCUT2D eigenvalue weighted by Gasteiger charge is -2.10. The maximum atomic E-state index is 12.7. The SMILES string of the molecule is Cc1nc2nc(Cl)nc(S(=O)(=O)CCN)c2n1CCCCCCCCCCCCCCCC(=O)OC(C)C. The molecule has 0 aromatic carbocycles. The Hall–Kier alpha value is -1.78. The zero-order valence-electron chi connectivity index (χ0n) is 23.4. The predicted molar refractivity (Wildman–Crippen MR) is 152 cm³/mol. The smallest absolute Gasteiger partial charge is 0.306 e. The molecule has 2 aromatic rings. The maximum Gasteiger partial charge on any atom is 0.306 e. The zero-order valence-corrected chi connectivity index (χ0v) is 25.0. The first kappa shape index (κ1) is 32.4. The number of hydrogen-bond donors (Lipinski definition) is 1. The number of unbranched alkanes of at least 4 members (excludes halogenated alkanes) is 12. The summed E-state index contributed by atoms with van der Waals surface area (Å²) in [6, 6.07) is 0. The predicted octanol–water partition coefficient (Wildman–Crippen LogP) is 5.93. The van der Waals surface area contributed by atoms with Crippen molar-refractivity contribution in [3.05, 3.63) is 11.1 Å². The van der Waals surface area contributed by atoms with Gasteiger partial charge in [-0.15, -0.1) is 0 Å². The molecule has 2 N–H and O–H groups in total. The van der Waals surface area contributed by atoms with Gasteiger partial charge in [0.05, 0.1) is 11.9 Å². The first-order chi connectivity index (χ1) is 18.2. The van der Waals surface area contributed by atoms with Gasteiger partial charge in [-0.2, -0.15) is 4.98 Å². The summed E-state index contributed by atoms with van der Waals surface area (Å²) in [5.74, 6) is 0.429. The van der Waals surface area contributed by atoms with Crippen LogP contribution in [0.15, 0.2) is 5.03 Å². The Labute approximate surface area is 233 Å². The molecule has 2 aromatic heterocycles. The van der Waals surface area contributed by atoms with Crippen molar-refractivity contribution < 1.29 is 17.9 Å². The van der Waals surface area contributed by atoms with Crippen molar-refractivity contribution in [2.24, 2.45) is 5.73 Å². The lowest BCUT2D eigenvalue weighted by Crippen LogP contribution is -2.18. The number of hydrogen-bond acceptors (Lipinski definition) is 8. The van der Waals surface area contributed by atoms with Crippen LogP contribution < -0.4 is 5.73 Å². The summed E-state index contributed by atoms with van der Waals surface area (Å²) in [6.45, 7) is 6.29. The Bertz CT molecular complexity index is 1100. The van der Waals surface area contributed by atoms with Gasteiger partial charge in [-0.25, -0.2) is 18.4 Å². The summed E-state index contributed by atoms with van der Waals surface area (Å²) in [6.07, 6.45) is 15.7. The van der Waals surface area contributed by atoms with Gasteiger partial charge >= 0.3 is 5.97 Å². The Kier molecular flexibility index (Phi) is 14.5. The molecule has 0 radical (unpaired) electrons. The molecule has 216 valence electrons. The molecule has 0 aliphatic carbocycles. The second-order valence-corrected chi connectivity index (χ2v) is 12.6. The molecule has 11 heteroatoms. The second-order valence-electron chi connectivity index (χ2n) is 10.3. The van der Waals surface area contributed by atoms with Gasteiger partial charge in [-0.1, -0.05) is 70.6 Å². The molecule has 2 heterocycles. The number of aromatic nitrogens is 4. The van der Waals surface area contributed by atoms with E-state index in [-0.39, 0.29) is 34.7 Å². The molecular formula is C27H46ClN5O4S. The molecule has 0 fully saturated rings. The number of imidazole rings is 1. The lowest BCUT2D eigenvalue weighted by molar-refractivity contribution is -0.147. The van der Waals surface area contributed by atoms with Crippen molar-refractivity contribution >= 4 is 38.6 Å². The Morgan fingerprint density at radius 3 is 1.95 bits per heavy atom. The number of ether oxygens (including phenoxy) is 1. The van der Waals surface area contributed by atoms with E-state index in [1.54, 1.807) is 0 Å². The van der Waals surface area contributed by atoms with Crippen LogP contribution in [-0.2, 0) is 25.9 Å². The summed E-state index contributed by atoms with van der Waals surface area (Å²) in [7, 11) is -3.67. The third kappa shape index (κ3) is 11.1. The van der Waals surface area contributed by atoms with Crippen molar-refractivity contribution in [3.63, 3.8) is 0 Å². The highest BCUT2D eigenvalue weighted by atomic mass is 35.5. The minimum absolute atomic E-state index is 0.0105. The second kappa shape index (κ2) is 17.0. The van der Waals surface area contributed by atoms with Crippen molar-refractivity contribution in [2.75, 3.05) is 12.3 Å². The molecular weight excluding hydrogens is 526 g/mol. The molecule has 0 amide bonds. The summed E-state index contributed by atoms with van der Waals surface area (Å²) in [5, 5.41) is -0.205. The average Bonchev–Trinajstić information content (AvgIpc) is 3.14. The first-order valence-corrected chi connectivity index (χ1v) is 16.2. The maximum absolute atomic E-state index is 12.7. The molecule has 38 heavy (non-hydrogen) atoms. The van der Waals surface area contributed by atoms with Crippen molar-refractivity contribution in [2.45, 2.75) is 128 Å². The largest absolute Gasteiger partial charge is 0.463 e. The van der Waals surface area contributed by atoms with E-state index in [0.717, 1.165) is 32.1 Å². The number of fused-ring (bicyclic) bond motifs is 1. The Balaban J connectivity index is 1.59. The van der Waals surface area contributed by atoms with Crippen LogP contribution in [0.25, 0.3) is 11.2 Å². The fraction of sp³-hybridized carbons (Fsp3) is 0.778. The highest BCUT2D eigenvalue weighted by Crippen LogP contribution is 2.25. The van der Waals surface area contributed by atoms with Crippen LogP contribution in [0.1, 0.15) is 110 Å². The van der Waals surface area contributed by atoms with Gasteiger partial charge < -0.3 is 15.0 Å². The topological polar surface area (TPSA) is 130 Å². The number of nitrogens with zero attached hydrogens (tertiary/aromatic N) is 4. The highest BCUT2D eigenvalue weighted by molar-refractivity contribution is 7.91. The quantitative estimate of drug-likeness (QED) is 0.0894. The molecule has 2 rings (SSSR count). The van der Waals surface area contributed by atoms with E-state index in [9.17, 15) is 13.2 Å². The van der Waals surface area contributed by atoms with Crippen LogP contribution >= 0.6 is 11.6 Å². The van der Waals surface area contributed by atoms with Gasteiger partial charge in [0.2, 0.25) is 5.28 Å². The monoisotopic (exact) mass is 571 g/mol. The van der Waals surface area contributed by atoms with Crippen LogP contribution in [0, 0.1) is 6.92 Å². The van der Waals surface area contributed by atoms with E-state index in [1.807, 2.05) is 25.3 Å². The van der Waals surface area contributed by atoms with Crippen LogP contribution in [0.3, 0.4) is 0 Å². The van der Waals surface area contributed by atoms with E-state index in [0.29, 0.717) is 30.0 Å². The zero-order chi connectivity index (χ0) is 28.0. The van der Waals surface area contributed by atoms with Crippen molar-refractivity contribution in [1.29, 1.82) is 0 Å². The van der Waals surface area contributed by atoms with Gasteiger partial charge in [0.1, 0.15) is 11.3 Å². The van der Waals surface area contributed by atoms with Crippen LogP contribution in [-0.4, -0.2) is 52.3 Å². The standard InChI is InChI=1S/C27H46ClN5O4S/c1-21(2)37-23(34)17-15-13-11-9-7-5-4-6-8-10-12-14-16-19-33-22(3)30-25-24(33)26(32-27(28)31-25)38(35,36)20-18-29/h21H,4-20,29H2,1-3H3. The molecule has 0 saturated carbocycles. The van der Waals surface area contributed by atoms with Crippen molar-refractivity contribution in [3.8, 4) is 0 Å². The highest BCUT2D eigenvalue weighted by Gasteiger charge is 2.25. The molecule has 0 aliphatic heterocycles. The normalized spacial score (nSPS) is 12.1. The molecule has 0 atom stereocenters. The van der Waals surface area contributed by atoms with Crippen LogP contribution in [0.4, 0.5) is 0 Å². The van der Waals surface area contributed by atoms with Gasteiger partial charge in [0, 0.05) is 19.5 Å². The van der Waals surface area contributed by atoms with E-state index in [1.165, 1.54) is 51.4 Å². The third-order valence-electron chi connectivity index (χ3n) is 6.55. The van der Waals surface area contributed by atoms with Crippen molar-refractivity contribution in [1.82, 2.24) is 19.5 Å². The molecule has 0 saturated heterocycles. The number of nitrogens with two attached hydrogens (primary N) is 1. The number of carbonyl (C=O) groups excluding carboxylic acids is 1. The summed E-state index contributed by atoms with van der Waals surface area (Å²) >= 11 is 5.97. The minimum atomic E-state index is -3.67. The number of carbonyl (C=O) groups is 1. The summed E-state index contributed by atoms with van der Waals surface area (Å²) in [5.41, 5.74) is 6.23. The molecule has 0 unspecified atom stereocenters. The van der Waals surface area contributed by atoms with Gasteiger partial charge in [-0.3, -0.25) is 4.79 Å². The van der Waals surface area contributed by atoms with Gasteiger partial charge in [0.15, 0.2) is 20.5 Å². The van der Waals surface area contributed by atoms with E-state index in [2.05, 4.69) is 15.0 Å². The van der Waals surface area contributed by atoms with E-state index < -0.39 is 9.84 Å². The summed E-state index contributed by atoms with van der Waals surface area (Å²) < 4.78 is 32.5. The van der Waals surface area contributed by atoms with E-state index in [4.69, 9.17) is 22.1 Å². The van der Waals surface area contributed by atoms with E-state index >= 15 is 0 Å². The van der Waals surface area contributed by atoms with Gasteiger partial charge in [0.25, 0.3) is 0 Å². The number of esters is 1. The Morgan fingerprint density at radius 2 is 1.42 bits per heavy atom. The first-order valence-electron chi connectivity index (χ1n) is 14.2. The molecule has 0 bridgehead atoms. The number of rotatable bonds is 20. The number of aryl methyl sites for hydroxylation is 2. The fourth-order valence-corrected chi connectivity index (χ4v) is 6.08. The summed E-state index contributed by atoms with van der Waals surface area (Å²) in [4.78, 5) is 24.1. The van der Waals surface area contributed by atoms with Crippen LogP contribution in [0.2, 0.25) is 5.28 Å². The van der Waals surface area contributed by atoms with Crippen LogP contribution in [0.5, 0.6) is 0 Å².